The molecule has 2 aromatic rings. The van der Waals surface area contributed by atoms with Gasteiger partial charge in [0, 0.05) is 6.42 Å². The standard InChI is InChI=1S/C19H19O3/c20-19(21)14-7-2-1-4-9-16-10-8-13-18(15-16)22-17-11-5-3-6-12-17/h3-5,8-13,15H,1-2,7,14H2,(H,20,21). The number of hydrogen-bond acceptors (Lipinski definition) is 2. The van der Waals surface area contributed by atoms with Gasteiger partial charge in [0.25, 0.3) is 0 Å². The highest BCUT2D eigenvalue weighted by atomic mass is 16.5. The van der Waals surface area contributed by atoms with Crippen molar-refractivity contribution in [2.24, 2.45) is 0 Å². The lowest BCUT2D eigenvalue weighted by Gasteiger charge is -2.05. The van der Waals surface area contributed by atoms with Gasteiger partial charge in [-0.2, -0.15) is 0 Å². The predicted molar refractivity (Wildman–Crippen MR) is 86.9 cm³/mol. The van der Waals surface area contributed by atoms with Crippen LogP contribution in [0, 0.1) is 6.07 Å². The Kier molecular flexibility index (Phi) is 6.24. The van der Waals surface area contributed by atoms with Gasteiger partial charge in [0.15, 0.2) is 0 Å². The van der Waals surface area contributed by atoms with E-state index in [1.165, 1.54) is 0 Å². The fourth-order valence-electron chi connectivity index (χ4n) is 2.02. The highest BCUT2D eigenvalue weighted by molar-refractivity contribution is 5.66. The van der Waals surface area contributed by atoms with Crippen LogP contribution >= 0.6 is 0 Å². The van der Waals surface area contributed by atoms with Gasteiger partial charge in [-0.3, -0.25) is 4.79 Å². The maximum Gasteiger partial charge on any atom is 0.303 e. The summed E-state index contributed by atoms with van der Waals surface area (Å²) in [5, 5.41) is 8.57. The second kappa shape index (κ2) is 8.67. The average molecular weight is 295 g/mol. The summed E-state index contributed by atoms with van der Waals surface area (Å²) in [6.45, 7) is 0. The number of rotatable bonds is 8. The van der Waals surface area contributed by atoms with Crippen LogP contribution in [0.2, 0.25) is 0 Å². The Balaban J connectivity index is 1.84. The summed E-state index contributed by atoms with van der Waals surface area (Å²) in [5.41, 5.74) is 1.07. The van der Waals surface area contributed by atoms with Crippen LogP contribution in [0.1, 0.15) is 31.2 Å². The van der Waals surface area contributed by atoms with Gasteiger partial charge >= 0.3 is 5.97 Å². The van der Waals surface area contributed by atoms with E-state index in [0.717, 1.165) is 29.9 Å². The molecule has 1 radical (unpaired) electrons. The minimum absolute atomic E-state index is 0.241. The number of carboxylic acids is 1. The summed E-state index contributed by atoms with van der Waals surface area (Å²) in [6, 6.07) is 18.2. The Bertz CT molecular complexity index is 618. The molecule has 113 valence electrons. The van der Waals surface area contributed by atoms with Gasteiger partial charge in [-0.15, -0.1) is 0 Å². The van der Waals surface area contributed by atoms with E-state index in [2.05, 4.69) is 12.1 Å². The molecule has 0 unspecified atom stereocenters. The monoisotopic (exact) mass is 295 g/mol. The molecule has 0 aliphatic carbocycles. The summed E-state index contributed by atoms with van der Waals surface area (Å²) >= 11 is 0. The fourth-order valence-corrected chi connectivity index (χ4v) is 2.02. The zero-order valence-electron chi connectivity index (χ0n) is 12.4. The molecule has 0 fully saturated rings. The Morgan fingerprint density at radius 1 is 1.18 bits per heavy atom. The first-order valence-corrected chi connectivity index (χ1v) is 7.36. The lowest BCUT2D eigenvalue weighted by molar-refractivity contribution is -0.137. The van der Waals surface area contributed by atoms with E-state index in [1.54, 1.807) is 6.07 Å². The zero-order chi connectivity index (χ0) is 15.6. The zero-order valence-corrected chi connectivity index (χ0v) is 12.4. The van der Waals surface area contributed by atoms with Crippen molar-refractivity contribution in [1.82, 2.24) is 0 Å². The van der Waals surface area contributed by atoms with E-state index in [-0.39, 0.29) is 6.42 Å². The first-order valence-electron chi connectivity index (χ1n) is 7.36. The number of benzene rings is 2. The summed E-state index contributed by atoms with van der Waals surface area (Å²) in [6.07, 6.45) is 6.82. The summed E-state index contributed by atoms with van der Waals surface area (Å²) in [4.78, 5) is 10.4. The Labute approximate surface area is 130 Å². The van der Waals surface area contributed by atoms with Gasteiger partial charge in [0.05, 0.1) is 0 Å². The second-order valence-corrected chi connectivity index (χ2v) is 4.96. The van der Waals surface area contributed by atoms with Crippen LogP contribution in [-0.2, 0) is 4.79 Å². The molecule has 0 aromatic heterocycles. The van der Waals surface area contributed by atoms with Crippen molar-refractivity contribution >= 4 is 12.0 Å². The highest BCUT2D eigenvalue weighted by Crippen LogP contribution is 2.22. The van der Waals surface area contributed by atoms with Crippen molar-refractivity contribution in [1.29, 1.82) is 0 Å². The first-order chi connectivity index (χ1) is 10.7. The molecule has 0 atom stereocenters. The van der Waals surface area contributed by atoms with Gasteiger partial charge in [-0.25, -0.2) is 0 Å². The van der Waals surface area contributed by atoms with Crippen LogP contribution in [0.5, 0.6) is 11.5 Å². The molecule has 2 rings (SSSR count). The molecule has 0 aliphatic heterocycles. The fraction of sp³-hybridized carbons (Fsp3) is 0.211. The van der Waals surface area contributed by atoms with E-state index in [0.29, 0.717) is 6.42 Å². The Morgan fingerprint density at radius 2 is 2.05 bits per heavy atom. The first kappa shape index (κ1) is 15.8. The lowest BCUT2D eigenvalue weighted by Crippen LogP contribution is -1.92. The van der Waals surface area contributed by atoms with Gasteiger partial charge in [0.1, 0.15) is 11.5 Å². The SMILES string of the molecule is O=C(O)CCCCC=Cc1cccc(Oc2c[c]ccc2)c1. The smallest absolute Gasteiger partial charge is 0.303 e. The van der Waals surface area contributed by atoms with Crippen LogP contribution < -0.4 is 4.74 Å². The second-order valence-electron chi connectivity index (χ2n) is 4.96. The molecule has 3 nitrogen and oxygen atoms in total. The van der Waals surface area contributed by atoms with Crippen LogP contribution in [0.3, 0.4) is 0 Å². The molecule has 0 aliphatic rings. The lowest BCUT2D eigenvalue weighted by atomic mass is 10.1. The third-order valence-electron chi connectivity index (χ3n) is 3.09. The van der Waals surface area contributed by atoms with Crippen molar-refractivity contribution < 1.29 is 14.6 Å². The van der Waals surface area contributed by atoms with E-state index in [1.807, 2.05) is 48.5 Å². The molecule has 22 heavy (non-hydrogen) atoms. The molecule has 0 bridgehead atoms. The van der Waals surface area contributed by atoms with Crippen molar-refractivity contribution in [3.63, 3.8) is 0 Å². The van der Waals surface area contributed by atoms with Crippen molar-refractivity contribution in [2.45, 2.75) is 25.7 Å². The molecule has 0 amide bonds. The summed E-state index contributed by atoms with van der Waals surface area (Å²) < 4.78 is 5.76. The van der Waals surface area contributed by atoms with E-state index in [9.17, 15) is 4.79 Å². The molecule has 1 N–H and O–H groups in total. The van der Waals surface area contributed by atoms with E-state index >= 15 is 0 Å². The number of hydrogen-bond donors (Lipinski definition) is 1. The average Bonchev–Trinajstić information content (AvgIpc) is 2.52. The maximum absolute atomic E-state index is 10.4. The summed E-state index contributed by atoms with van der Waals surface area (Å²) in [7, 11) is 0. The topological polar surface area (TPSA) is 46.5 Å². The van der Waals surface area contributed by atoms with Crippen molar-refractivity contribution in [2.75, 3.05) is 0 Å². The normalized spacial score (nSPS) is 10.7. The third-order valence-corrected chi connectivity index (χ3v) is 3.09. The number of allylic oxidation sites excluding steroid dienone is 1. The maximum atomic E-state index is 10.4. The predicted octanol–water partition coefficient (Wildman–Crippen LogP) is 4.94. The van der Waals surface area contributed by atoms with Crippen LogP contribution in [0.25, 0.3) is 6.08 Å². The molecule has 0 heterocycles. The van der Waals surface area contributed by atoms with Crippen molar-refractivity contribution in [3.05, 3.63) is 66.2 Å². The molecular weight excluding hydrogens is 276 g/mol. The largest absolute Gasteiger partial charge is 0.481 e. The Hall–Kier alpha value is -2.55. The van der Waals surface area contributed by atoms with Gasteiger partial charge in [-0.05, 0) is 55.2 Å². The minimum Gasteiger partial charge on any atom is -0.481 e. The molecule has 0 saturated carbocycles. The molecule has 0 saturated heterocycles. The highest BCUT2D eigenvalue weighted by Gasteiger charge is 1.97. The minimum atomic E-state index is -0.730. The third kappa shape index (κ3) is 5.83. The van der Waals surface area contributed by atoms with Crippen molar-refractivity contribution in [3.8, 4) is 11.5 Å². The number of unbranched alkanes of at least 4 members (excludes halogenated alkanes) is 2. The van der Waals surface area contributed by atoms with Crippen LogP contribution in [-0.4, -0.2) is 11.1 Å². The van der Waals surface area contributed by atoms with Crippen LogP contribution in [0.15, 0.2) is 54.6 Å². The van der Waals surface area contributed by atoms with Gasteiger partial charge in [-0.1, -0.05) is 36.4 Å². The molecule has 2 aromatic carbocycles. The number of ether oxygens (including phenoxy) is 1. The summed E-state index contributed by atoms with van der Waals surface area (Å²) in [5.74, 6) is 0.817. The molecular formula is C19H19O3. The number of carboxylic acid groups (broad SMARTS) is 1. The number of carbonyl (C=O) groups is 1. The molecule has 3 heteroatoms. The van der Waals surface area contributed by atoms with Crippen LogP contribution in [0.4, 0.5) is 0 Å². The Morgan fingerprint density at radius 3 is 2.82 bits per heavy atom. The van der Waals surface area contributed by atoms with Gasteiger partial charge in [0.2, 0.25) is 0 Å². The van der Waals surface area contributed by atoms with E-state index < -0.39 is 5.97 Å². The molecule has 0 spiro atoms. The quantitative estimate of drug-likeness (QED) is 0.702. The van der Waals surface area contributed by atoms with Gasteiger partial charge < -0.3 is 9.84 Å². The number of aliphatic carboxylic acids is 1. The van der Waals surface area contributed by atoms with E-state index in [4.69, 9.17) is 9.84 Å².